The Morgan fingerprint density at radius 3 is 2.41 bits per heavy atom. The van der Waals surface area contributed by atoms with Crippen LogP contribution in [0, 0.1) is 5.53 Å². The number of para-hydroxylation sites is 1. The second-order valence-electron chi connectivity index (χ2n) is 4.29. The average molecular weight is 297 g/mol. The number of rotatable bonds is 5. The Balaban J connectivity index is 1.96. The molecule has 0 aliphatic carbocycles. The number of ether oxygens (including phenoxy) is 1. The van der Waals surface area contributed by atoms with Crippen LogP contribution in [0.4, 0.5) is 5.69 Å². The van der Waals surface area contributed by atoms with Gasteiger partial charge in [0.25, 0.3) is 5.91 Å². The van der Waals surface area contributed by atoms with E-state index in [0.717, 1.165) is 5.69 Å². The van der Waals surface area contributed by atoms with Gasteiger partial charge in [0, 0.05) is 11.3 Å². The molecule has 0 unspecified atom stereocenters. The number of carbonyl (C=O) groups is 1. The maximum Gasteiger partial charge on any atom is 0.255 e. The predicted molar refractivity (Wildman–Crippen MR) is 83.1 cm³/mol. The number of amides is 1. The summed E-state index contributed by atoms with van der Waals surface area (Å²) in [7, 11) is 0. The van der Waals surface area contributed by atoms with Crippen molar-refractivity contribution in [2.75, 3.05) is 11.9 Å². The number of hydrogen-bond donors (Lipinski definition) is 3. The summed E-state index contributed by atoms with van der Waals surface area (Å²) in [5.74, 6) is 5.42. The Morgan fingerprint density at radius 1 is 1.14 bits per heavy atom. The molecule has 0 aliphatic rings. The zero-order valence-electron chi connectivity index (χ0n) is 11.7. The van der Waals surface area contributed by atoms with Crippen molar-refractivity contribution < 1.29 is 9.53 Å². The van der Waals surface area contributed by atoms with Crippen LogP contribution in [-0.4, -0.2) is 18.3 Å². The molecule has 0 radical (unpaired) electrons. The standard InChI is InChI=1S/C15H15N5O2/c16-19-14(20-17)10-22-13-8-6-11(7-9-13)15(21)18-12-4-2-1-3-5-12/h1-9,16H,10,17H2,(H,18,21)/b19-16?,20-14-. The zero-order valence-corrected chi connectivity index (χ0v) is 11.7. The van der Waals surface area contributed by atoms with Crippen molar-refractivity contribution in [3.63, 3.8) is 0 Å². The van der Waals surface area contributed by atoms with Crippen molar-refractivity contribution in [2.24, 2.45) is 16.1 Å². The number of hydrogen-bond acceptors (Lipinski definition) is 5. The average Bonchev–Trinajstić information content (AvgIpc) is 2.57. The lowest BCUT2D eigenvalue weighted by molar-refractivity contribution is 0.102. The van der Waals surface area contributed by atoms with Gasteiger partial charge in [-0.2, -0.15) is 5.10 Å². The Bertz CT molecular complexity index is 668. The lowest BCUT2D eigenvalue weighted by Gasteiger charge is -2.07. The lowest BCUT2D eigenvalue weighted by Crippen LogP contribution is -2.12. The van der Waals surface area contributed by atoms with Gasteiger partial charge in [-0.3, -0.25) is 4.79 Å². The molecule has 4 N–H and O–H groups in total. The molecule has 0 spiro atoms. The van der Waals surface area contributed by atoms with Gasteiger partial charge in [-0.05, 0) is 36.4 Å². The van der Waals surface area contributed by atoms with E-state index >= 15 is 0 Å². The molecule has 2 aromatic rings. The van der Waals surface area contributed by atoms with Gasteiger partial charge >= 0.3 is 0 Å². The monoisotopic (exact) mass is 297 g/mol. The van der Waals surface area contributed by atoms with E-state index in [1.807, 2.05) is 30.3 Å². The first-order chi connectivity index (χ1) is 10.7. The van der Waals surface area contributed by atoms with Gasteiger partial charge in [-0.25, -0.2) is 5.53 Å². The summed E-state index contributed by atoms with van der Waals surface area (Å²) in [5, 5.41) is 9.18. The van der Waals surface area contributed by atoms with Crippen LogP contribution >= 0.6 is 0 Å². The summed E-state index contributed by atoms with van der Waals surface area (Å²) in [6.45, 7) is -0.00441. The first-order valence-corrected chi connectivity index (χ1v) is 6.46. The Kier molecular flexibility index (Phi) is 5.20. The minimum atomic E-state index is -0.205. The highest BCUT2D eigenvalue weighted by molar-refractivity contribution is 6.04. The molecule has 7 heteroatoms. The Morgan fingerprint density at radius 2 is 1.82 bits per heavy atom. The van der Waals surface area contributed by atoms with Crippen LogP contribution in [0.2, 0.25) is 0 Å². The lowest BCUT2D eigenvalue weighted by atomic mass is 10.2. The smallest absolute Gasteiger partial charge is 0.255 e. The van der Waals surface area contributed by atoms with Gasteiger partial charge in [-0.1, -0.05) is 18.2 Å². The third-order valence-electron chi connectivity index (χ3n) is 2.79. The molecule has 112 valence electrons. The van der Waals surface area contributed by atoms with Crippen molar-refractivity contribution in [1.29, 1.82) is 5.53 Å². The van der Waals surface area contributed by atoms with E-state index in [2.05, 4.69) is 15.5 Å². The molecule has 0 heterocycles. The van der Waals surface area contributed by atoms with Gasteiger partial charge in [0.2, 0.25) is 5.84 Å². The minimum Gasteiger partial charge on any atom is -0.485 e. The number of amidine groups is 1. The highest BCUT2D eigenvalue weighted by atomic mass is 16.5. The number of anilines is 1. The Labute approximate surface area is 127 Å². The fraction of sp³-hybridized carbons (Fsp3) is 0.0667. The van der Waals surface area contributed by atoms with E-state index < -0.39 is 0 Å². The molecular formula is C15H15N5O2. The largest absolute Gasteiger partial charge is 0.485 e. The Hall–Kier alpha value is -3.22. The molecule has 2 aromatic carbocycles. The van der Waals surface area contributed by atoms with Crippen LogP contribution in [0.15, 0.2) is 64.8 Å². The molecule has 2 rings (SSSR count). The highest BCUT2D eigenvalue weighted by Crippen LogP contribution is 2.14. The fourth-order valence-electron chi connectivity index (χ4n) is 1.67. The second kappa shape index (κ2) is 7.53. The summed E-state index contributed by atoms with van der Waals surface area (Å²) in [4.78, 5) is 12.1. The van der Waals surface area contributed by atoms with E-state index in [1.165, 1.54) is 0 Å². The molecule has 0 aliphatic heterocycles. The van der Waals surface area contributed by atoms with Crippen molar-refractivity contribution >= 4 is 17.4 Å². The number of carbonyl (C=O) groups excluding carboxylic acids is 1. The SMILES string of the molecule is N=N/C(COc1ccc(C(=O)Nc2ccccc2)cc1)=N\N. The topological polar surface area (TPSA) is 113 Å². The summed E-state index contributed by atoms with van der Waals surface area (Å²) >= 11 is 0. The molecule has 0 bridgehead atoms. The highest BCUT2D eigenvalue weighted by Gasteiger charge is 2.06. The van der Waals surface area contributed by atoms with E-state index in [-0.39, 0.29) is 18.3 Å². The first-order valence-electron chi connectivity index (χ1n) is 6.46. The van der Waals surface area contributed by atoms with E-state index in [1.54, 1.807) is 24.3 Å². The number of nitrogens with two attached hydrogens (primary N) is 1. The van der Waals surface area contributed by atoms with Crippen molar-refractivity contribution in [1.82, 2.24) is 0 Å². The second-order valence-corrected chi connectivity index (χ2v) is 4.29. The van der Waals surface area contributed by atoms with Crippen LogP contribution in [0.25, 0.3) is 0 Å². The molecule has 22 heavy (non-hydrogen) atoms. The molecule has 1 amide bonds. The quantitative estimate of drug-likeness (QED) is 0.259. The van der Waals surface area contributed by atoms with Crippen LogP contribution in [0.3, 0.4) is 0 Å². The summed E-state index contributed by atoms with van der Waals surface area (Å²) < 4.78 is 5.35. The molecule has 0 fully saturated rings. The predicted octanol–water partition coefficient (Wildman–Crippen LogP) is 2.62. The number of nitrogens with zero attached hydrogens (tertiary/aromatic N) is 2. The maximum atomic E-state index is 12.1. The van der Waals surface area contributed by atoms with Crippen LogP contribution in [0.5, 0.6) is 5.75 Å². The summed E-state index contributed by atoms with van der Waals surface area (Å²) in [6, 6.07) is 15.8. The van der Waals surface area contributed by atoms with E-state index in [9.17, 15) is 4.79 Å². The van der Waals surface area contributed by atoms with Crippen LogP contribution in [0.1, 0.15) is 10.4 Å². The molecular weight excluding hydrogens is 282 g/mol. The van der Waals surface area contributed by atoms with Gasteiger partial charge in [0.1, 0.15) is 5.75 Å². The molecule has 0 saturated carbocycles. The van der Waals surface area contributed by atoms with Crippen LogP contribution < -0.4 is 15.9 Å². The van der Waals surface area contributed by atoms with Crippen LogP contribution in [-0.2, 0) is 0 Å². The first kappa shape index (κ1) is 15.2. The molecule has 0 aromatic heterocycles. The molecule has 0 atom stereocenters. The summed E-state index contributed by atoms with van der Waals surface area (Å²) in [5.41, 5.74) is 8.04. The summed E-state index contributed by atoms with van der Waals surface area (Å²) in [6.07, 6.45) is 0. The van der Waals surface area contributed by atoms with Gasteiger partial charge in [0.05, 0.1) is 0 Å². The van der Waals surface area contributed by atoms with E-state index in [4.69, 9.17) is 16.1 Å². The van der Waals surface area contributed by atoms with Gasteiger partial charge in [0.15, 0.2) is 6.61 Å². The number of nitrogens with one attached hydrogen (secondary N) is 2. The third kappa shape index (κ3) is 4.14. The minimum absolute atomic E-state index is 0.00441. The molecule has 7 nitrogen and oxygen atoms in total. The third-order valence-corrected chi connectivity index (χ3v) is 2.79. The van der Waals surface area contributed by atoms with Crippen molar-refractivity contribution in [3.8, 4) is 5.75 Å². The fourth-order valence-corrected chi connectivity index (χ4v) is 1.67. The van der Waals surface area contributed by atoms with E-state index in [0.29, 0.717) is 11.3 Å². The van der Waals surface area contributed by atoms with Gasteiger partial charge < -0.3 is 15.9 Å². The van der Waals surface area contributed by atoms with Crippen molar-refractivity contribution in [3.05, 3.63) is 60.2 Å². The molecule has 0 saturated heterocycles. The normalized spacial score (nSPS) is 10.8. The maximum absolute atomic E-state index is 12.1. The van der Waals surface area contributed by atoms with Gasteiger partial charge in [-0.15, -0.1) is 5.11 Å². The number of benzene rings is 2. The zero-order chi connectivity index (χ0) is 15.8. The van der Waals surface area contributed by atoms with Crippen molar-refractivity contribution in [2.45, 2.75) is 0 Å². The number of hydrazone groups is 1.